The highest BCUT2D eigenvalue weighted by molar-refractivity contribution is 5.39. The lowest BCUT2D eigenvalue weighted by Crippen LogP contribution is -2.20. The van der Waals surface area contributed by atoms with Gasteiger partial charge in [0.1, 0.15) is 5.75 Å². The molecule has 96 valence electrons. The van der Waals surface area contributed by atoms with Gasteiger partial charge in [-0.25, -0.2) is 0 Å². The van der Waals surface area contributed by atoms with E-state index in [-0.39, 0.29) is 5.56 Å². The monoisotopic (exact) mass is 260 g/mol. The fraction of sp³-hybridized carbons (Fsp3) is 0.333. The zero-order chi connectivity index (χ0) is 13.3. The molecule has 1 rings (SSSR count). The number of aliphatic hydroxyl groups is 1. The van der Waals surface area contributed by atoms with Crippen LogP contribution in [0.4, 0.5) is 26.3 Å². The van der Waals surface area contributed by atoms with Gasteiger partial charge in [0.05, 0.1) is 12.2 Å². The fourth-order valence-electron chi connectivity index (χ4n) is 1.11. The zero-order valence-corrected chi connectivity index (χ0v) is 8.06. The highest BCUT2D eigenvalue weighted by Gasteiger charge is 2.39. The highest BCUT2D eigenvalue weighted by atomic mass is 19.4. The first-order valence-corrected chi connectivity index (χ1v) is 4.20. The maximum atomic E-state index is 12.4. The van der Waals surface area contributed by atoms with Gasteiger partial charge in [-0.2, -0.15) is 13.2 Å². The van der Waals surface area contributed by atoms with Crippen molar-refractivity contribution in [3.05, 3.63) is 29.3 Å². The lowest BCUT2D eigenvalue weighted by atomic mass is 10.1. The van der Waals surface area contributed by atoms with Crippen LogP contribution in [0, 0.1) is 0 Å². The molecule has 1 aromatic carbocycles. The smallest absolute Gasteiger partial charge is 0.405 e. The summed E-state index contributed by atoms with van der Waals surface area (Å²) in [6.07, 6.45) is -10.2. The molecule has 0 spiro atoms. The Morgan fingerprint density at radius 2 is 1.65 bits per heavy atom. The van der Waals surface area contributed by atoms with Crippen LogP contribution in [0.3, 0.4) is 0 Å². The van der Waals surface area contributed by atoms with Gasteiger partial charge >= 0.3 is 12.5 Å². The molecule has 0 bridgehead atoms. The van der Waals surface area contributed by atoms with E-state index in [1.165, 1.54) is 0 Å². The third-order valence-corrected chi connectivity index (χ3v) is 1.76. The second kappa shape index (κ2) is 4.44. The number of aliphatic hydroxyl groups excluding tert-OH is 1. The Hall–Kier alpha value is -1.44. The SMILES string of the molecule is OCc1ccc(OC(F)(F)F)c(C(F)(F)F)c1. The Balaban J connectivity index is 3.21. The average Bonchev–Trinajstić information content (AvgIpc) is 2.14. The van der Waals surface area contributed by atoms with Crippen molar-refractivity contribution in [2.75, 3.05) is 0 Å². The van der Waals surface area contributed by atoms with Crippen LogP contribution in [0.2, 0.25) is 0 Å². The minimum absolute atomic E-state index is 0.160. The number of hydrogen-bond donors (Lipinski definition) is 1. The van der Waals surface area contributed by atoms with E-state index in [1.807, 2.05) is 0 Å². The zero-order valence-electron chi connectivity index (χ0n) is 8.06. The molecule has 0 aliphatic rings. The van der Waals surface area contributed by atoms with Crippen LogP contribution in [0.1, 0.15) is 11.1 Å². The molecule has 0 aliphatic heterocycles. The number of hydrogen-bond acceptors (Lipinski definition) is 2. The van der Waals surface area contributed by atoms with E-state index in [0.717, 1.165) is 6.07 Å². The molecule has 17 heavy (non-hydrogen) atoms. The van der Waals surface area contributed by atoms with Gasteiger partial charge in [0, 0.05) is 0 Å². The van der Waals surface area contributed by atoms with Gasteiger partial charge in [-0.05, 0) is 17.7 Å². The Morgan fingerprint density at radius 1 is 1.06 bits per heavy atom. The van der Waals surface area contributed by atoms with Crippen LogP contribution in [-0.4, -0.2) is 11.5 Å². The van der Waals surface area contributed by atoms with Crippen molar-refractivity contribution >= 4 is 0 Å². The van der Waals surface area contributed by atoms with E-state index >= 15 is 0 Å². The first-order valence-electron chi connectivity index (χ1n) is 4.20. The van der Waals surface area contributed by atoms with Crippen molar-refractivity contribution in [2.45, 2.75) is 19.1 Å². The van der Waals surface area contributed by atoms with Gasteiger partial charge in [0.25, 0.3) is 0 Å². The summed E-state index contributed by atoms with van der Waals surface area (Å²) in [6.45, 7) is -0.713. The Kier molecular flexibility index (Phi) is 3.56. The van der Waals surface area contributed by atoms with Gasteiger partial charge in [-0.3, -0.25) is 0 Å². The van der Waals surface area contributed by atoms with Crippen LogP contribution >= 0.6 is 0 Å². The molecule has 2 nitrogen and oxygen atoms in total. The van der Waals surface area contributed by atoms with Crippen LogP contribution < -0.4 is 4.74 Å². The third kappa shape index (κ3) is 3.81. The van der Waals surface area contributed by atoms with Crippen molar-refractivity contribution in [3.8, 4) is 5.75 Å². The summed E-state index contributed by atoms with van der Waals surface area (Å²) in [5, 5.41) is 8.62. The third-order valence-electron chi connectivity index (χ3n) is 1.76. The van der Waals surface area contributed by atoms with Crippen molar-refractivity contribution in [3.63, 3.8) is 0 Å². The van der Waals surface area contributed by atoms with Crippen LogP contribution in [0.25, 0.3) is 0 Å². The van der Waals surface area contributed by atoms with E-state index in [9.17, 15) is 26.3 Å². The molecule has 8 heteroatoms. The number of rotatable bonds is 2. The van der Waals surface area contributed by atoms with Crippen LogP contribution in [0.5, 0.6) is 5.75 Å². The Bertz CT molecular complexity index is 395. The summed E-state index contributed by atoms with van der Waals surface area (Å²) in [4.78, 5) is 0. The van der Waals surface area contributed by atoms with E-state index in [0.29, 0.717) is 12.1 Å². The summed E-state index contributed by atoms with van der Waals surface area (Å²) >= 11 is 0. The Labute approximate surface area is 91.4 Å². The maximum absolute atomic E-state index is 12.4. The lowest BCUT2D eigenvalue weighted by molar-refractivity contribution is -0.276. The molecule has 0 unspecified atom stereocenters. The standard InChI is InChI=1S/C9H6F6O2/c10-8(11,12)6-3-5(4-16)1-2-7(6)17-9(13,14)15/h1-3,16H,4H2. The van der Waals surface area contributed by atoms with Gasteiger partial charge in [-0.1, -0.05) is 6.07 Å². The summed E-state index contributed by atoms with van der Waals surface area (Å²) in [5.74, 6) is -1.35. The van der Waals surface area contributed by atoms with Crippen molar-refractivity contribution in [1.82, 2.24) is 0 Å². The van der Waals surface area contributed by atoms with E-state index in [1.54, 1.807) is 0 Å². The molecule has 0 aromatic heterocycles. The Morgan fingerprint density at radius 3 is 2.06 bits per heavy atom. The highest BCUT2D eigenvalue weighted by Crippen LogP contribution is 2.38. The van der Waals surface area contributed by atoms with Crippen molar-refractivity contribution < 1.29 is 36.2 Å². The molecule has 1 aromatic rings. The predicted molar refractivity (Wildman–Crippen MR) is 44.0 cm³/mol. The van der Waals surface area contributed by atoms with Gasteiger partial charge in [-0.15, -0.1) is 13.2 Å². The molecule has 0 radical (unpaired) electrons. The lowest BCUT2D eigenvalue weighted by Gasteiger charge is -2.15. The summed E-state index contributed by atoms with van der Waals surface area (Å²) in [6, 6.07) is 1.83. The molecule has 0 fully saturated rings. The number of alkyl halides is 6. The topological polar surface area (TPSA) is 29.5 Å². The molecular weight excluding hydrogens is 254 g/mol. The van der Waals surface area contributed by atoms with Crippen molar-refractivity contribution in [1.29, 1.82) is 0 Å². The average molecular weight is 260 g/mol. The normalized spacial score (nSPS) is 12.6. The van der Waals surface area contributed by atoms with E-state index in [2.05, 4.69) is 4.74 Å². The first-order chi connectivity index (χ1) is 7.63. The molecule has 0 atom stereocenters. The molecule has 0 amide bonds. The van der Waals surface area contributed by atoms with Gasteiger partial charge < -0.3 is 9.84 Å². The van der Waals surface area contributed by atoms with Crippen LogP contribution in [-0.2, 0) is 12.8 Å². The van der Waals surface area contributed by atoms with Crippen LogP contribution in [0.15, 0.2) is 18.2 Å². The minimum atomic E-state index is -5.21. The summed E-state index contributed by atoms with van der Waals surface area (Å²) in [5.41, 5.74) is -1.74. The van der Waals surface area contributed by atoms with Gasteiger partial charge in [0.15, 0.2) is 0 Å². The fourth-order valence-corrected chi connectivity index (χ4v) is 1.11. The second-order valence-electron chi connectivity index (χ2n) is 3.03. The molecule has 0 aliphatic carbocycles. The van der Waals surface area contributed by atoms with Gasteiger partial charge in [0.2, 0.25) is 0 Å². The van der Waals surface area contributed by atoms with Crippen molar-refractivity contribution in [2.24, 2.45) is 0 Å². The number of benzene rings is 1. The maximum Gasteiger partial charge on any atom is 0.573 e. The quantitative estimate of drug-likeness (QED) is 0.828. The summed E-state index contributed by atoms with van der Waals surface area (Å²) < 4.78 is 76.0. The molecule has 0 saturated heterocycles. The summed E-state index contributed by atoms with van der Waals surface area (Å²) in [7, 11) is 0. The number of ether oxygens (including phenoxy) is 1. The molecule has 0 saturated carbocycles. The molecule has 1 N–H and O–H groups in total. The van der Waals surface area contributed by atoms with E-state index in [4.69, 9.17) is 5.11 Å². The largest absolute Gasteiger partial charge is 0.573 e. The number of halogens is 6. The minimum Gasteiger partial charge on any atom is -0.405 e. The van der Waals surface area contributed by atoms with E-state index < -0.39 is 30.5 Å². The first kappa shape index (κ1) is 13.6. The predicted octanol–water partition coefficient (Wildman–Crippen LogP) is 3.10. The molecular formula is C9H6F6O2. The molecule has 0 heterocycles. The second-order valence-corrected chi connectivity index (χ2v) is 3.03.